The molecule has 0 radical (unpaired) electrons. The van der Waals surface area contributed by atoms with E-state index in [1.54, 1.807) is 14.0 Å². The number of anilines is 1. The van der Waals surface area contributed by atoms with Crippen molar-refractivity contribution < 1.29 is 4.79 Å². The van der Waals surface area contributed by atoms with Gasteiger partial charge in [-0.15, -0.1) is 0 Å². The molecule has 1 N–H and O–H groups in total. The topological polar surface area (TPSA) is 42.0 Å². The monoisotopic (exact) mass is 232 g/mol. The van der Waals surface area contributed by atoms with Crippen LogP contribution in [-0.2, 0) is 0 Å². The zero-order valence-corrected chi connectivity index (χ0v) is 9.97. The Bertz CT molecular complexity index is 505. The van der Waals surface area contributed by atoms with E-state index in [2.05, 4.69) is 10.3 Å². The molecule has 82 valence electrons. The first-order valence-electron chi connectivity index (χ1n) is 4.97. The summed E-state index contributed by atoms with van der Waals surface area (Å²) in [7, 11) is 1.80. The molecule has 2 rings (SSSR count). The molecule has 0 bridgehead atoms. The fraction of sp³-hybridized carbons (Fsp3) is 0.167. The van der Waals surface area contributed by atoms with Crippen LogP contribution in [0.1, 0.15) is 16.6 Å². The van der Waals surface area contributed by atoms with E-state index >= 15 is 0 Å². The van der Waals surface area contributed by atoms with Crippen molar-refractivity contribution in [2.75, 3.05) is 12.4 Å². The van der Waals surface area contributed by atoms with Gasteiger partial charge in [-0.1, -0.05) is 41.7 Å². The van der Waals surface area contributed by atoms with Crippen molar-refractivity contribution >= 4 is 22.3 Å². The maximum absolute atomic E-state index is 11.5. The molecule has 0 aliphatic carbocycles. The van der Waals surface area contributed by atoms with Crippen molar-refractivity contribution in [1.82, 2.24) is 4.98 Å². The summed E-state index contributed by atoms with van der Waals surface area (Å²) in [5.74, 6) is 0.0536. The first-order valence-corrected chi connectivity index (χ1v) is 5.79. The van der Waals surface area contributed by atoms with Gasteiger partial charge in [-0.3, -0.25) is 4.79 Å². The normalized spacial score (nSPS) is 10.1. The van der Waals surface area contributed by atoms with Gasteiger partial charge in [0.05, 0.1) is 10.6 Å². The predicted molar refractivity (Wildman–Crippen MR) is 67.1 cm³/mol. The Hall–Kier alpha value is -1.68. The summed E-state index contributed by atoms with van der Waals surface area (Å²) in [5.41, 5.74) is 1.74. The van der Waals surface area contributed by atoms with E-state index < -0.39 is 0 Å². The zero-order valence-electron chi connectivity index (χ0n) is 9.15. The zero-order chi connectivity index (χ0) is 11.5. The van der Waals surface area contributed by atoms with Crippen LogP contribution in [0.25, 0.3) is 11.3 Å². The number of Topliss-reactive ketones (excluding diaryl/α,β-unsaturated/α-hetero) is 1. The van der Waals surface area contributed by atoms with Gasteiger partial charge in [0, 0.05) is 19.5 Å². The van der Waals surface area contributed by atoms with Gasteiger partial charge in [0.15, 0.2) is 10.9 Å². The van der Waals surface area contributed by atoms with Crippen LogP contribution < -0.4 is 5.32 Å². The highest BCUT2D eigenvalue weighted by Crippen LogP contribution is 2.30. The fourth-order valence-electron chi connectivity index (χ4n) is 1.46. The number of carbonyl (C=O) groups is 1. The number of hydrogen-bond donors (Lipinski definition) is 1. The molecule has 1 heterocycles. The molecule has 1 aromatic heterocycles. The highest BCUT2D eigenvalue weighted by Gasteiger charge is 2.15. The van der Waals surface area contributed by atoms with Gasteiger partial charge in [0.25, 0.3) is 0 Å². The second kappa shape index (κ2) is 4.45. The lowest BCUT2D eigenvalue weighted by Crippen LogP contribution is -1.91. The van der Waals surface area contributed by atoms with Gasteiger partial charge in [-0.05, 0) is 0 Å². The van der Waals surface area contributed by atoms with Crippen molar-refractivity contribution in [2.45, 2.75) is 6.92 Å². The number of thiazole rings is 1. The summed E-state index contributed by atoms with van der Waals surface area (Å²) < 4.78 is 0. The molecular weight excluding hydrogens is 220 g/mol. The minimum atomic E-state index is 0.0536. The standard InChI is InChI=1S/C12H12N2OS/c1-8(15)11-10(14-12(13-2)16-11)9-6-4-3-5-7-9/h3-7H,1-2H3,(H,13,14). The third-order valence-electron chi connectivity index (χ3n) is 2.21. The SMILES string of the molecule is CNc1nc(-c2ccccc2)c(C(C)=O)s1. The molecule has 0 saturated carbocycles. The quantitative estimate of drug-likeness (QED) is 0.827. The van der Waals surface area contributed by atoms with E-state index in [4.69, 9.17) is 0 Å². The van der Waals surface area contributed by atoms with Crippen LogP contribution in [0.5, 0.6) is 0 Å². The van der Waals surface area contributed by atoms with Gasteiger partial charge in [-0.2, -0.15) is 0 Å². The molecule has 0 fully saturated rings. The molecule has 0 saturated heterocycles. The third-order valence-corrected chi connectivity index (χ3v) is 3.38. The Morgan fingerprint density at radius 1 is 1.31 bits per heavy atom. The van der Waals surface area contributed by atoms with E-state index in [1.807, 2.05) is 30.3 Å². The molecule has 16 heavy (non-hydrogen) atoms. The average Bonchev–Trinajstić information content (AvgIpc) is 2.74. The number of nitrogens with one attached hydrogen (secondary N) is 1. The van der Waals surface area contributed by atoms with Crippen LogP contribution in [0.2, 0.25) is 0 Å². The summed E-state index contributed by atoms with van der Waals surface area (Å²) in [6.45, 7) is 1.57. The summed E-state index contributed by atoms with van der Waals surface area (Å²) in [5, 5.41) is 3.74. The Morgan fingerprint density at radius 2 is 2.00 bits per heavy atom. The number of hydrogen-bond acceptors (Lipinski definition) is 4. The van der Waals surface area contributed by atoms with E-state index in [0.29, 0.717) is 4.88 Å². The van der Waals surface area contributed by atoms with Crippen molar-refractivity contribution in [3.05, 3.63) is 35.2 Å². The number of benzene rings is 1. The van der Waals surface area contributed by atoms with Gasteiger partial charge in [0.2, 0.25) is 0 Å². The smallest absolute Gasteiger partial charge is 0.183 e. The second-order valence-corrected chi connectivity index (χ2v) is 4.37. The second-order valence-electron chi connectivity index (χ2n) is 3.37. The first-order chi connectivity index (χ1) is 7.72. The molecule has 0 atom stereocenters. The highest BCUT2D eigenvalue weighted by atomic mass is 32.1. The molecule has 4 heteroatoms. The lowest BCUT2D eigenvalue weighted by atomic mass is 10.1. The molecule has 3 nitrogen and oxygen atoms in total. The van der Waals surface area contributed by atoms with Gasteiger partial charge in [0.1, 0.15) is 0 Å². The largest absolute Gasteiger partial charge is 0.365 e. The van der Waals surface area contributed by atoms with E-state index in [-0.39, 0.29) is 5.78 Å². The Morgan fingerprint density at radius 3 is 2.56 bits per heavy atom. The van der Waals surface area contributed by atoms with Crippen LogP contribution in [0.3, 0.4) is 0 Å². The molecule has 0 aliphatic heterocycles. The molecule has 0 spiro atoms. The minimum Gasteiger partial charge on any atom is -0.365 e. The number of nitrogens with zero attached hydrogens (tertiary/aromatic N) is 1. The van der Waals surface area contributed by atoms with E-state index in [0.717, 1.165) is 16.4 Å². The number of rotatable bonds is 3. The van der Waals surface area contributed by atoms with E-state index in [9.17, 15) is 4.79 Å². The summed E-state index contributed by atoms with van der Waals surface area (Å²) in [4.78, 5) is 16.6. The van der Waals surface area contributed by atoms with Crippen LogP contribution in [0.4, 0.5) is 5.13 Å². The molecular formula is C12H12N2OS. The van der Waals surface area contributed by atoms with Gasteiger partial charge >= 0.3 is 0 Å². The number of aromatic nitrogens is 1. The van der Waals surface area contributed by atoms with Gasteiger partial charge in [-0.25, -0.2) is 4.98 Å². The maximum atomic E-state index is 11.5. The van der Waals surface area contributed by atoms with E-state index in [1.165, 1.54) is 11.3 Å². The number of carbonyl (C=O) groups excluding carboxylic acids is 1. The predicted octanol–water partition coefficient (Wildman–Crippen LogP) is 3.05. The molecule has 0 aliphatic rings. The summed E-state index contributed by atoms with van der Waals surface area (Å²) >= 11 is 1.39. The Balaban J connectivity index is 2.55. The third kappa shape index (κ3) is 1.97. The summed E-state index contributed by atoms with van der Waals surface area (Å²) in [6, 6.07) is 9.75. The van der Waals surface area contributed by atoms with Crippen molar-refractivity contribution in [1.29, 1.82) is 0 Å². The first kappa shape index (κ1) is 10.8. The van der Waals surface area contributed by atoms with Crippen LogP contribution in [0.15, 0.2) is 30.3 Å². The lowest BCUT2D eigenvalue weighted by Gasteiger charge is -1.97. The van der Waals surface area contributed by atoms with Gasteiger partial charge < -0.3 is 5.32 Å². The molecule has 1 aromatic carbocycles. The molecule has 0 unspecified atom stereocenters. The van der Waals surface area contributed by atoms with Crippen LogP contribution in [-0.4, -0.2) is 17.8 Å². The van der Waals surface area contributed by atoms with Crippen molar-refractivity contribution in [2.24, 2.45) is 0 Å². The highest BCUT2D eigenvalue weighted by molar-refractivity contribution is 7.18. The van der Waals surface area contributed by atoms with Crippen molar-refractivity contribution in [3.63, 3.8) is 0 Å². The Labute approximate surface area is 98.2 Å². The fourth-order valence-corrected chi connectivity index (χ4v) is 2.29. The maximum Gasteiger partial charge on any atom is 0.183 e. The van der Waals surface area contributed by atoms with Crippen LogP contribution in [0, 0.1) is 0 Å². The summed E-state index contributed by atoms with van der Waals surface area (Å²) in [6.07, 6.45) is 0. The van der Waals surface area contributed by atoms with Crippen LogP contribution >= 0.6 is 11.3 Å². The lowest BCUT2D eigenvalue weighted by molar-refractivity contribution is 0.102. The number of ketones is 1. The molecule has 0 amide bonds. The van der Waals surface area contributed by atoms with Crippen molar-refractivity contribution in [3.8, 4) is 11.3 Å². The minimum absolute atomic E-state index is 0.0536. The Kier molecular flexibility index (Phi) is 3.01. The average molecular weight is 232 g/mol. The molecule has 2 aromatic rings.